The smallest absolute Gasteiger partial charge is 0.414 e. The molecule has 24 heavy (non-hydrogen) atoms. The molecule has 1 N–H and O–H groups in total. The van der Waals surface area contributed by atoms with Gasteiger partial charge in [-0.15, -0.1) is 0 Å². The number of carbonyl (C=O) groups is 2. The fraction of sp³-hybridized carbons (Fsp3) is 0.222. The van der Waals surface area contributed by atoms with Gasteiger partial charge in [-0.05, 0) is 37.3 Å². The van der Waals surface area contributed by atoms with E-state index in [0.717, 1.165) is 5.56 Å². The van der Waals surface area contributed by atoms with Gasteiger partial charge in [0.15, 0.2) is 0 Å². The Morgan fingerprint density at radius 1 is 1.29 bits per heavy atom. The molecule has 1 heterocycles. The second-order valence-corrected chi connectivity index (χ2v) is 6.11. The molecule has 0 bridgehead atoms. The molecule has 1 fully saturated rings. The van der Waals surface area contributed by atoms with Crippen LogP contribution < -0.4 is 10.2 Å². The third-order valence-corrected chi connectivity index (χ3v) is 4.00. The van der Waals surface area contributed by atoms with Crippen LogP contribution in [0.5, 0.6) is 0 Å². The average molecular weight is 345 g/mol. The third-order valence-electron chi connectivity index (χ3n) is 3.76. The molecule has 2 aromatic carbocycles. The van der Waals surface area contributed by atoms with Crippen LogP contribution in [-0.4, -0.2) is 31.2 Å². The molecule has 3 rings (SSSR count). The van der Waals surface area contributed by atoms with Crippen molar-refractivity contribution in [2.24, 2.45) is 0 Å². The molecule has 2 amide bonds. The highest BCUT2D eigenvalue weighted by Crippen LogP contribution is 2.24. The Morgan fingerprint density at radius 2 is 2.08 bits per heavy atom. The van der Waals surface area contributed by atoms with Gasteiger partial charge >= 0.3 is 6.09 Å². The van der Waals surface area contributed by atoms with Gasteiger partial charge in [-0.2, -0.15) is 0 Å². The van der Waals surface area contributed by atoms with Gasteiger partial charge in [0.2, 0.25) is 0 Å². The molecule has 0 spiro atoms. The molecular weight excluding hydrogens is 328 g/mol. The highest BCUT2D eigenvalue weighted by atomic mass is 35.5. The summed E-state index contributed by atoms with van der Waals surface area (Å²) in [5.74, 6) is -0.184. The molecule has 2 aromatic rings. The zero-order chi connectivity index (χ0) is 17.1. The number of amides is 2. The molecule has 1 saturated heterocycles. The van der Waals surface area contributed by atoms with Crippen molar-refractivity contribution in [3.8, 4) is 0 Å². The number of hydrogen-bond donors (Lipinski definition) is 1. The summed E-state index contributed by atoms with van der Waals surface area (Å²) in [4.78, 5) is 25.7. The number of hydrogen-bond acceptors (Lipinski definition) is 3. The van der Waals surface area contributed by atoms with E-state index in [9.17, 15) is 9.59 Å². The molecule has 124 valence electrons. The number of nitrogens with one attached hydrogen (secondary N) is 1. The lowest BCUT2D eigenvalue weighted by Gasteiger charge is -2.13. The molecule has 0 aliphatic carbocycles. The van der Waals surface area contributed by atoms with Crippen LogP contribution in [0.15, 0.2) is 48.5 Å². The fourth-order valence-electron chi connectivity index (χ4n) is 2.58. The van der Waals surface area contributed by atoms with E-state index in [1.807, 2.05) is 25.1 Å². The second-order valence-electron chi connectivity index (χ2n) is 5.68. The van der Waals surface area contributed by atoms with Gasteiger partial charge < -0.3 is 10.1 Å². The van der Waals surface area contributed by atoms with Crippen molar-refractivity contribution in [2.75, 3.05) is 18.0 Å². The van der Waals surface area contributed by atoms with Gasteiger partial charge in [0.25, 0.3) is 5.91 Å². The number of anilines is 1. The van der Waals surface area contributed by atoms with Gasteiger partial charge in [0, 0.05) is 16.3 Å². The summed E-state index contributed by atoms with van der Waals surface area (Å²) in [6.45, 7) is 2.56. The van der Waals surface area contributed by atoms with Gasteiger partial charge in [-0.25, -0.2) is 4.79 Å². The zero-order valence-electron chi connectivity index (χ0n) is 13.2. The molecule has 1 aliphatic rings. The first-order valence-electron chi connectivity index (χ1n) is 7.61. The summed E-state index contributed by atoms with van der Waals surface area (Å²) < 4.78 is 5.31. The van der Waals surface area contributed by atoms with Crippen molar-refractivity contribution in [3.63, 3.8) is 0 Å². The highest BCUT2D eigenvalue weighted by Gasteiger charge is 2.32. The van der Waals surface area contributed by atoms with Gasteiger partial charge in [-0.1, -0.05) is 35.4 Å². The van der Waals surface area contributed by atoms with Crippen LogP contribution in [0.2, 0.25) is 5.02 Å². The van der Waals surface area contributed by atoms with E-state index in [4.69, 9.17) is 16.3 Å². The number of carbonyl (C=O) groups excluding carboxylic acids is 2. The molecule has 0 saturated carbocycles. The largest absolute Gasteiger partial charge is 0.442 e. The van der Waals surface area contributed by atoms with Gasteiger partial charge in [-0.3, -0.25) is 9.69 Å². The summed E-state index contributed by atoms with van der Waals surface area (Å²) >= 11 is 5.95. The quantitative estimate of drug-likeness (QED) is 0.924. The second kappa shape index (κ2) is 6.93. The lowest BCUT2D eigenvalue weighted by Crippen LogP contribution is -2.34. The number of rotatable bonds is 4. The van der Waals surface area contributed by atoms with Crippen LogP contribution in [0, 0.1) is 6.92 Å². The van der Waals surface area contributed by atoms with E-state index >= 15 is 0 Å². The summed E-state index contributed by atoms with van der Waals surface area (Å²) in [5.41, 5.74) is 2.29. The van der Waals surface area contributed by atoms with Crippen molar-refractivity contribution in [3.05, 3.63) is 64.7 Å². The number of cyclic esters (lactones) is 1. The maximum atomic E-state index is 12.1. The summed E-state index contributed by atoms with van der Waals surface area (Å²) in [6, 6.07) is 14.3. The maximum absolute atomic E-state index is 12.1. The molecule has 0 radical (unpaired) electrons. The third kappa shape index (κ3) is 3.68. The average Bonchev–Trinajstić information content (AvgIpc) is 2.93. The minimum Gasteiger partial charge on any atom is -0.442 e. The summed E-state index contributed by atoms with van der Waals surface area (Å²) in [7, 11) is 0. The Bertz CT molecular complexity index is 778. The standard InChI is InChI=1S/C18H17ClN2O3/c1-12-4-2-5-13(8-12)17(22)20-10-16-11-21(18(23)24-16)15-7-3-6-14(19)9-15/h2-9,16H,10-11H2,1H3,(H,20,22). The van der Waals surface area contributed by atoms with Crippen molar-refractivity contribution in [1.82, 2.24) is 5.32 Å². The molecule has 1 aliphatic heterocycles. The van der Waals surface area contributed by atoms with Crippen LogP contribution in [0.1, 0.15) is 15.9 Å². The van der Waals surface area contributed by atoms with Crippen molar-refractivity contribution in [1.29, 1.82) is 0 Å². The van der Waals surface area contributed by atoms with Gasteiger partial charge in [0.05, 0.1) is 13.1 Å². The first-order valence-corrected chi connectivity index (χ1v) is 7.99. The van der Waals surface area contributed by atoms with Crippen molar-refractivity contribution in [2.45, 2.75) is 13.0 Å². The van der Waals surface area contributed by atoms with Crippen LogP contribution in [0.25, 0.3) is 0 Å². The molecule has 1 unspecified atom stereocenters. The lowest BCUT2D eigenvalue weighted by atomic mass is 10.1. The van der Waals surface area contributed by atoms with E-state index in [0.29, 0.717) is 22.8 Å². The van der Waals surface area contributed by atoms with E-state index in [1.165, 1.54) is 4.90 Å². The molecule has 0 aromatic heterocycles. The van der Waals surface area contributed by atoms with E-state index in [2.05, 4.69) is 5.32 Å². The number of nitrogens with zero attached hydrogens (tertiary/aromatic N) is 1. The van der Waals surface area contributed by atoms with Crippen LogP contribution in [0.4, 0.5) is 10.5 Å². The monoisotopic (exact) mass is 344 g/mol. The number of benzene rings is 2. The topological polar surface area (TPSA) is 58.6 Å². The number of ether oxygens (including phenoxy) is 1. The SMILES string of the molecule is Cc1cccc(C(=O)NCC2CN(c3cccc(Cl)c3)C(=O)O2)c1. The van der Waals surface area contributed by atoms with E-state index in [-0.39, 0.29) is 12.5 Å². The Labute approximate surface area is 145 Å². The zero-order valence-corrected chi connectivity index (χ0v) is 13.9. The highest BCUT2D eigenvalue weighted by molar-refractivity contribution is 6.30. The minimum absolute atomic E-state index is 0.184. The Kier molecular flexibility index (Phi) is 4.71. The first kappa shape index (κ1) is 16.3. The van der Waals surface area contributed by atoms with Crippen LogP contribution in [0.3, 0.4) is 0 Å². The van der Waals surface area contributed by atoms with E-state index < -0.39 is 12.2 Å². The van der Waals surface area contributed by atoms with E-state index in [1.54, 1.807) is 30.3 Å². The maximum Gasteiger partial charge on any atom is 0.414 e. The lowest BCUT2D eigenvalue weighted by molar-refractivity contribution is 0.0916. The van der Waals surface area contributed by atoms with Crippen molar-refractivity contribution < 1.29 is 14.3 Å². The number of halogens is 1. The predicted octanol–water partition coefficient (Wildman–Crippen LogP) is 3.40. The summed E-state index contributed by atoms with van der Waals surface area (Å²) in [5, 5.41) is 3.36. The molecule has 6 heteroatoms. The van der Waals surface area contributed by atoms with Crippen molar-refractivity contribution >= 4 is 29.3 Å². The fourth-order valence-corrected chi connectivity index (χ4v) is 2.76. The molecular formula is C18H17ClN2O3. The molecule has 1 atom stereocenters. The van der Waals surface area contributed by atoms with Crippen LogP contribution >= 0.6 is 11.6 Å². The predicted molar refractivity (Wildman–Crippen MR) is 92.6 cm³/mol. The first-order chi connectivity index (χ1) is 11.5. The minimum atomic E-state index is -0.438. The number of aryl methyl sites for hydroxylation is 1. The van der Waals surface area contributed by atoms with Crippen LogP contribution in [-0.2, 0) is 4.74 Å². The molecule has 5 nitrogen and oxygen atoms in total. The Morgan fingerprint density at radius 3 is 2.83 bits per heavy atom. The normalized spacial score (nSPS) is 16.8. The Hall–Kier alpha value is -2.53. The van der Waals surface area contributed by atoms with Gasteiger partial charge in [0.1, 0.15) is 6.10 Å². The summed E-state index contributed by atoms with van der Waals surface area (Å²) in [6.07, 6.45) is -0.836. The Balaban J connectivity index is 1.59.